The molecule has 0 atom stereocenters. The summed E-state index contributed by atoms with van der Waals surface area (Å²) in [6.45, 7) is 2.07. The molecule has 0 aliphatic heterocycles. The number of fused-ring (bicyclic) bond motifs is 1. The van der Waals surface area contributed by atoms with Crippen LogP contribution in [-0.2, 0) is 18.4 Å². The van der Waals surface area contributed by atoms with E-state index >= 15 is 0 Å². The number of nitrogens with zero attached hydrogens (tertiary/aromatic N) is 2. The second kappa shape index (κ2) is 3.38. The van der Waals surface area contributed by atoms with Crippen molar-refractivity contribution in [1.82, 2.24) is 9.13 Å². The van der Waals surface area contributed by atoms with Crippen LogP contribution >= 0.6 is 0 Å². The van der Waals surface area contributed by atoms with Crippen molar-refractivity contribution in [1.29, 1.82) is 0 Å². The Morgan fingerprint density at radius 1 is 1.33 bits per heavy atom. The number of hydrogen-bond acceptors (Lipinski definition) is 2. The first-order chi connectivity index (χ1) is 7.15. The van der Waals surface area contributed by atoms with Crippen LogP contribution in [0.15, 0.2) is 23.0 Å². The van der Waals surface area contributed by atoms with Crippen LogP contribution < -0.4 is 5.69 Å². The van der Waals surface area contributed by atoms with Gasteiger partial charge in [-0.1, -0.05) is 6.07 Å². The average molecular weight is 204 g/mol. The highest BCUT2D eigenvalue weighted by atomic mass is 16.2. The van der Waals surface area contributed by atoms with E-state index in [9.17, 15) is 9.59 Å². The molecule has 0 spiro atoms. The molecule has 0 aliphatic rings. The van der Waals surface area contributed by atoms with E-state index < -0.39 is 0 Å². The van der Waals surface area contributed by atoms with E-state index in [1.807, 2.05) is 25.1 Å². The Balaban J connectivity index is 2.88. The van der Waals surface area contributed by atoms with Gasteiger partial charge in [-0.15, -0.1) is 0 Å². The van der Waals surface area contributed by atoms with Crippen LogP contribution in [0, 0.1) is 6.92 Å². The molecular weight excluding hydrogens is 192 g/mol. The van der Waals surface area contributed by atoms with Gasteiger partial charge in [-0.2, -0.15) is 0 Å². The van der Waals surface area contributed by atoms with Gasteiger partial charge in [0.15, 0.2) is 0 Å². The van der Waals surface area contributed by atoms with Gasteiger partial charge in [0.1, 0.15) is 6.29 Å². The highest BCUT2D eigenvalue weighted by Crippen LogP contribution is 2.13. The van der Waals surface area contributed by atoms with Crippen molar-refractivity contribution in [3.8, 4) is 0 Å². The van der Waals surface area contributed by atoms with Gasteiger partial charge in [0.05, 0.1) is 17.6 Å². The lowest BCUT2D eigenvalue weighted by molar-refractivity contribution is -0.108. The number of aldehydes is 1. The quantitative estimate of drug-likeness (QED) is 0.680. The topological polar surface area (TPSA) is 44.0 Å². The lowest BCUT2D eigenvalue weighted by atomic mass is 10.2. The maximum atomic E-state index is 11.8. The molecule has 0 bridgehead atoms. The molecule has 1 aromatic carbocycles. The summed E-state index contributed by atoms with van der Waals surface area (Å²) in [4.78, 5) is 22.3. The Kier molecular flexibility index (Phi) is 2.19. The molecule has 0 N–H and O–H groups in total. The normalized spacial score (nSPS) is 10.8. The highest BCUT2D eigenvalue weighted by molar-refractivity contribution is 5.77. The number of aromatic nitrogens is 2. The third kappa shape index (κ3) is 1.38. The minimum Gasteiger partial charge on any atom is -0.301 e. The van der Waals surface area contributed by atoms with E-state index in [0.717, 1.165) is 22.9 Å². The molecule has 2 rings (SSSR count). The zero-order chi connectivity index (χ0) is 11.0. The predicted octanol–water partition coefficient (Wildman–Crippen LogP) is 0.847. The van der Waals surface area contributed by atoms with Crippen LogP contribution in [0.3, 0.4) is 0 Å². The largest absolute Gasteiger partial charge is 0.329 e. The van der Waals surface area contributed by atoms with E-state index in [-0.39, 0.29) is 12.2 Å². The van der Waals surface area contributed by atoms with Crippen molar-refractivity contribution in [3.05, 3.63) is 34.2 Å². The van der Waals surface area contributed by atoms with Crippen molar-refractivity contribution in [3.63, 3.8) is 0 Å². The van der Waals surface area contributed by atoms with E-state index in [1.54, 1.807) is 11.6 Å². The minimum absolute atomic E-state index is 0.111. The number of aryl methyl sites for hydroxylation is 2. The maximum absolute atomic E-state index is 11.8. The maximum Gasteiger partial charge on any atom is 0.329 e. The Bertz CT molecular complexity index is 578. The average Bonchev–Trinajstić information content (AvgIpc) is 2.44. The van der Waals surface area contributed by atoms with Gasteiger partial charge >= 0.3 is 5.69 Å². The summed E-state index contributed by atoms with van der Waals surface area (Å²) in [5.41, 5.74) is 2.59. The van der Waals surface area contributed by atoms with Crippen LogP contribution in [-0.4, -0.2) is 15.4 Å². The Hall–Kier alpha value is -1.84. The molecule has 0 amide bonds. The van der Waals surface area contributed by atoms with Gasteiger partial charge in [-0.05, 0) is 24.6 Å². The number of benzene rings is 1. The Morgan fingerprint density at radius 3 is 2.73 bits per heavy atom. The van der Waals surface area contributed by atoms with Gasteiger partial charge in [-0.3, -0.25) is 9.13 Å². The third-order valence-corrected chi connectivity index (χ3v) is 2.56. The summed E-state index contributed by atoms with van der Waals surface area (Å²) in [6, 6.07) is 5.76. The summed E-state index contributed by atoms with van der Waals surface area (Å²) in [5.74, 6) is 0. The first kappa shape index (κ1) is 9.71. The molecule has 2 aromatic rings. The molecule has 4 heteroatoms. The zero-order valence-corrected chi connectivity index (χ0v) is 8.73. The molecular formula is C11H12N2O2. The summed E-state index contributed by atoms with van der Waals surface area (Å²) < 4.78 is 3.04. The van der Waals surface area contributed by atoms with Crippen molar-refractivity contribution < 1.29 is 4.79 Å². The molecule has 1 aromatic heterocycles. The van der Waals surface area contributed by atoms with E-state index in [2.05, 4.69) is 0 Å². The molecule has 0 unspecified atom stereocenters. The fraction of sp³-hybridized carbons (Fsp3) is 0.273. The fourth-order valence-electron chi connectivity index (χ4n) is 1.77. The molecule has 0 fully saturated rings. The second-order valence-electron chi connectivity index (χ2n) is 3.61. The molecule has 4 nitrogen and oxygen atoms in total. The SMILES string of the molecule is Cc1ccc2c(c1)n(CC=O)c(=O)n2C. The fourth-order valence-corrected chi connectivity index (χ4v) is 1.77. The van der Waals surface area contributed by atoms with Gasteiger partial charge < -0.3 is 4.79 Å². The van der Waals surface area contributed by atoms with E-state index in [4.69, 9.17) is 0 Å². The molecule has 1 heterocycles. The molecule has 0 saturated heterocycles. The second-order valence-corrected chi connectivity index (χ2v) is 3.61. The molecule has 0 saturated carbocycles. The molecule has 15 heavy (non-hydrogen) atoms. The van der Waals surface area contributed by atoms with Crippen LogP contribution in [0.4, 0.5) is 0 Å². The van der Waals surface area contributed by atoms with Crippen LogP contribution in [0.1, 0.15) is 5.56 Å². The number of hydrogen-bond donors (Lipinski definition) is 0. The molecule has 0 radical (unpaired) electrons. The summed E-state index contributed by atoms with van der Waals surface area (Å²) >= 11 is 0. The number of carbonyl (C=O) groups is 1. The number of carbonyl (C=O) groups excluding carboxylic acids is 1. The lowest BCUT2D eigenvalue weighted by Crippen LogP contribution is -2.22. The zero-order valence-electron chi connectivity index (χ0n) is 8.73. The molecule has 78 valence electrons. The Morgan fingerprint density at radius 2 is 2.07 bits per heavy atom. The van der Waals surface area contributed by atoms with E-state index in [1.165, 1.54) is 4.57 Å². The van der Waals surface area contributed by atoms with Crippen LogP contribution in [0.2, 0.25) is 0 Å². The summed E-state index contributed by atoms with van der Waals surface area (Å²) in [7, 11) is 1.71. The first-order valence-corrected chi connectivity index (χ1v) is 4.74. The number of imidazole rings is 1. The lowest BCUT2D eigenvalue weighted by Gasteiger charge is -1.97. The third-order valence-electron chi connectivity index (χ3n) is 2.56. The van der Waals surface area contributed by atoms with Crippen molar-refractivity contribution in [2.75, 3.05) is 0 Å². The standard InChI is InChI=1S/C11H12N2O2/c1-8-3-4-9-10(7-8)13(5-6-14)11(15)12(9)2/h3-4,6-7H,5H2,1-2H3. The first-order valence-electron chi connectivity index (χ1n) is 4.74. The summed E-state index contributed by atoms with van der Waals surface area (Å²) in [6.07, 6.45) is 0.739. The van der Waals surface area contributed by atoms with E-state index in [0.29, 0.717) is 0 Å². The van der Waals surface area contributed by atoms with Crippen LogP contribution in [0.5, 0.6) is 0 Å². The Labute approximate surface area is 86.7 Å². The minimum atomic E-state index is -0.150. The predicted molar refractivity (Wildman–Crippen MR) is 58.0 cm³/mol. The monoisotopic (exact) mass is 204 g/mol. The van der Waals surface area contributed by atoms with Gasteiger partial charge in [-0.25, -0.2) is 4.79 Å². The van der Waals surface area contributed by atoms with Crippen molar-refractivity contribution in [2.24, 2.45) is 7.05 Å². The number of rotatable bonds is 2. The van der Waals surface area contributed by atoms with Crippen LogP contribution in [0.25, 0.3) is 11.0 Å². The van der Waals surface area contributed by atoms with Gasteiger partial charge in [0.25, 0.3) is 0 Å². The van der Waals surface area contributed by atoms with Crippen molar-refractivity contribution in [2.45, 2.75) is 13.5 Å². The van der Waals surface area contributed by atoms with Gasteiger partial charge in [0, 0.05) is 7.05 Å². The summed E-state index contributed by atoms with van der Waals surface area (Å²) in [5, 5.41) is 0. The highest BCUT2D eigenvalue weighted by Gasteiger charge is 2.09. The smallest absolute Gasteiger partial charge is 0.301 e. The van der Waals surface area contributed by atoms with Gasteiger partial charge in [0.2, 0.25) is 0 Å². The van der Waals surface area contributed by atoms with Crippen molar-refractivity contribution >= 4 is 17.3 Å². The molecule has 0 aliphatic carbocycles.